The molecule has 2 atom stereocenters. The van der Waals surface area contributed by atoms with E-state index in [2.05, 4.69) is 6.07 Å². The molecular formula is C22H17FN2O2. The molecule has 2 aromatic rings. The number of Topliss-reactive ketones (excluding diaryl/α,β-unsaturated/α-hetero) is 1. The fraction of sp³-hybridized carbons (Fsp3) is 0.182. The van der Waals surface area contributed by atoms with Gasteiger partial charge in [0.25, 0.3) is 0 Å². The number of nitrogens with two attached hydrogens (primary N) is 1. The Morgan fingerprint density at radius 1 is 1.04 bits per heavy atom. The van der Waals surface area contributed by atoms with Crippen molar-refractivity contribution in [2.75, 3.05) is 0 Å². The van der Waals surface area contributed by atoms with Crippen molar-refractivity contribution in [2.45, 2.75) is 24.7 Å². The first-order chi connectivity index (χ1) is 13.1. The zero-order chi connectivity index (χ0) is 19.0. The quantitative estimate of drug-likeness (QED) is 0.877. The third-order valence-electron chi connectivity index (χ3n) is 5.14. The van der Waals surface area contributed by atoms with Gasteiger partial charge in [-0.25, -0.2) is 4.39 Å². The topological polar surface area (TPSA) is 76.1 Å². The van der Waals surface area contributed by atoms with Crippen LogP contribution in [0, 0.1) is 17.1 Å². The van der Waals surface area contributed by atoms with E-state index in [9.17, 15) is 14.4 Å². The molecule has 0 radical (unpaired) electrons. The van der Waals surface area contributed by atoms with Gasteiger partial charge in [0.05, 0.1) is 5.92 Å². The molecule has 1 aliphatic heterocycles. The lowest BCUT2D eigenvalue weighted by atomic mass is 9.73. The summed E-state index contributed by atoms with van der Waals surface area (Å²) < 4.78 is 19.1. The van der Waals surface area contributed by atoms with E-state index >= 15 is 0 Å². The summed E-state index contributed by atoms with van der Waals surface area (Å²) in [4.78, 5) is 13.0. The van der Waals surface area contributed by atoms with E-state index in [4.69, 9.17) is 10.5 Å². The third kappa shape index (κ3) is 3.00. The Balaban J connectivity index is 1.79. The zero-order valence-corrected chi connectivity index (χ0v) is 14.5. The summed E-state index contributed by atoms with van der Waals surface area (Å²) >= 11 is 0. The minimum Gasteiger partial charge on any atom is -0.444 e. The van der Waals surface area contributed by atoms with Crippen molar-refractivity contribution in [3.05, 3.63) is 94.3 Å². The molecule has 2 N–H and O–H groups in total. The van der Waals surface area contributed by atoms with E-state index in [1.807, 2.05) is 30.3 Å². The molecule has 2 unspecified atom stereocenters. The standard InChI is InChI=1S/C22H17FN2O2/c23-16-8-6-14(7-9-16)20-17(12-24)22(25)27-19-11-15(10-18(26)21(19)20)13-4-2-1-3-5-13/h1-9,15,20H,10-11,25H2. The van der Waals surface area contributed by atoms with Crippen LogP contribution in [-0.4, -0.2) is 5.78 Å². The lowest BCUT2D eigenvalue weighted by Crippen LogP contribution is -2.29. The lowest BCUT2D eigenvalue weighted by molar-refractivity contribution is -0.117. The van der Waals surface area contributed by atoms with Crippen molar-refractivity contribution >= 4 is 5.78 Å². The monoisotopic (exact) mass is 360 g/mol. The number of nitrogens with zero attached hydrogens (tertiary/aromatic N) is 1. The van der Waals surface area contributed by atoms with Crippen molar-refractivity contribution in [1.29, 1.82) is 5.26 Å². The van der Waals surface area contributed by atoms with Crippen LogP contribution in [0.1, 0.15) is 35.8 Å². The Hall–Kier alpha value is -3.39. The molecule has 0 amide bonds. The number of hydrogen-bond donors (Lipinski definition) is 1. The van der Waals surface area contributed by atoms with Crippen LogP contribution in [0.4, 0.5) is 4.39 Å². The van der Waals surface area contributed by atoms with Crippen molar-refractivity contribution in [3.8, 4) is 6.07 Å². The first-order valence-corrected chi connectivity index (χ1v) is 8.72. The highest BCUT2D eigenvalue weighted by Gasteiger charge is 2.40. The molecule has 0 fully saturated rings. The zero-order valence-electron chi connectivity index (χ0n) is 14.5. The highest BCUT2D eigenvalue weighted by atomic mass is 19.1. The van der Waals surface area contributed by atoms with Gasteiger partial charge in [-0.3, -0.25) is 4.79 Å². The van der Waals surface area contributed by atoms with Gasteiger partial charge in [-0.2, -0.15) is 5.26 Å². The summed E-state index contributed by atoms with van der Waals surface area (Å²) in [6.07, 6.45) is 0.866. The van der Waals surface area contributed by atoms with Crippen LogP contribution in [0.5, 0.6) is 0 Å². The molecule has 134 valence electrons. The average molecular weight is 360 g/mol. The van der Waals surface area contributed by atoms with Crippen molar-refractivity contribution < 1.29 is 13.9 Å². The maximum Gasteiger partial charge on any atom is 0.205 e. The second kappa shape index (κ2) is 6.73. The van der Waals surface area contributed by atoms with Gasteiger partial charge in [-0.1, -0.05) is 42.5 Å². The van der Waals surface area contributed by atoms with Crippen molar-refractivity contribution in [2.24, 2.45) is 5.73 Å². The predicted octanol–water partition coefficient (Wildman–Crippen LogP) is 4.03. The number of nitriles is 1. The molecule has 0 spiro atoms. The number of benzene rings is 2. The smallest absolute Gasteiger partial charge is 0.205 e. The molecule has 2 aromatic carbocycles. The van der Waals surface area contributed by atoms with Gasteiger partial charge < -0.3 is 10.5 Å². The molecule has 0 aromatic heterocycles. The normalized spacial score (nSPS) is 22.1. The van der Waals surface area contributed by atoms with Crippen LogP contribution in [0.25, 0.3) is 0 Å². The van der Waals surface area contributed by atoms with Crippen LogP contribution in [-0.2, 0) is 9.53 Å². The fourth-order valence-corrected chi connectivity index (χ4v) is 3.86. The Labute approximate surface area is 156 Å². The first-order valence-electron chi connectivity index (χ1n) is 8.72. The van der Waals surface area contributed by atoms with Crippen LogP contribution in [0.2, 0.25) is 0 Å². The number of allylic oxidation sites excluding steroid dienone is 3. The van der Waals surface area contributed by atoms with E-state index in [1.165, 1.54) is 12.1 Å². The molecule has 0 saturated heterocycles. The number of halogens is 1. The van der Waals surface area contributed by atoms with Gasteiger partial charge in [-0.15, -0.1) is 0 Å². The minimum atomic E-state index is -0.622. The second-order valence-corrected chi connectivity index (χ2v) is 6.75. The van der Waals surface area contributed by atoms with Crippen LogP contribution < -0.4 is 5.73 Å². The molecule has 5 heteroatoms. The Morgan fingerprint density at radius 2 is 1.74 bits per heavy atom. The average Bonchev–Trinajstić information content (AvgIpc) is 2.68. The molecule has 1 aliphatic carbocycles. The molecule has 2 aliphatic rings. The molecule has 1 heterocycles. The largest absolute Gasteiger partial charge is 0.444 e. The summed E-state index contributed by atoms with van der Waals surface area (Å²) in [5.41, 5.74) is 8.36. The maximum atomic E-state index is 13.4. The SMILES string of the molecule is N#CC1=C(N)OC2=C(C(=O)CC(c3ccccc3)C2)C1c1ccc(F)cc1. The van der Waals surface area contributed by atoms with Gasteiger partial charge in [0.1, 0.15) is 23.2 Å². The van der Waals surface area contributed by atoms with Crippen LogP contribution in [0.15, 0.2) is 77.4 Å². The summed E-state index contributed by atoms with van der Waals surface area (Å²) in [6, 6.07) is 17.6. The fourth-order valence-electron chi connectivity index (χ4n) is 3.86. The predicted molar refractivity (Wildman–Crippen MR) is 97.5 cm³/mol. The van der Waals surface area contributed by atoms with Gasteiger partial charge in [-0.05, 0) is 29.2 Å². The molecular weight excluding hydrogens is 343 g/mol. The van der Waals surface area contributed by atoms with Gasteiger partial charge in [0.2, 0.25) is 5.88 Å². The van der Waals surface area contributed by atoms with Crippen LogP contribution >= 0.6 is 0 Å². The summed E-state index contributed by atoms with van der Waals surface area (Å²) in [7, 11) is 0. The highest BCUT2D eigenvalue weighted by molar-refractivity contribution is 6.00. The van der Waals surface area contributed by atoms with E-state index < -0.39 is 5.92 Å². The van der Waals surface area contributed by atoms with Crippen molar-refractivity contribution in [1.82, 2.24) is 0 Å². The number of carbonyl (C=O) groups excluding carboxylic acids is 1. The third-order valence-corrected chi connectivity index (χ3v) is 5.14. The molecule has 4 rings (SSSR count). The van der Waals surface area contributed by atoms with E-state index in [0.29, 0.717) is 29.7 Å². The lowest BCUT2D eigenvalue weighted by Gasteiger charge is -2.34. The summed E-state index contributed by atoms with van der Waals surface area (Å²) in [6.45, 7) is 0. The number of rotatable bonds is 2. The van der Waals surface area contributed by atoms with Gasteiger partial charge >= 0.3 is 0 Å². The van der Waals surface area contributed by atoms with Gasteiger partial charge in [0.15, 0.2) is 5.78 Å². The van der Waals surface area contributed by atoms with Crippen LogP contribution in [0.3, 0.4) is 0 Å². The number of hydrogen-bond acceptors (Lipinski definition) is 4. The van der Waals surface area contributed by atoms with E-state index in [-0.39, 0.29) is 29.0 Å². The van der Waals surface area contributed by atoms with E-state index in [0.717, 1.165) is 5.56 Å². The Kier molecular flexibility index (Phi) is 4.25. The summed E-state index contributed by atoms with van der Waals surface area (Å²) in [5, 5.41) is 9.58. The minimum absolute atomic E-state index is 0.00255. The Morgan fingerprint density at radius 3 is 2.41 bits per heavy atom. The maximum absolute atomic E-state index is 13.4. The summed E-state index contributed by atoms with van der Waals surface area (Å²) in [5.74, 6) is -0.557. The number of carbonyl (C=O) groups is 1. The van der Waals surface area contributed by atoms with Gasteiger partial charge in [0, 0.05) is 18.4 Å². The Bertz CT molecular complexity index is 1000. The number of ether oxygens (including phenoxy) is 1. The van der Waals surface area contributed by atoms with E-state index in [1.54, 1.807) is 12.1 Å². The highest BCUT2D eigenvalue weighted by Crippen LogP contribution is 2.46. The molecule has 0 saturated carbocycles. The van der Waals surface area contributed by atoms with Crippen molar-refractivity contribution in [3.63, 3.8) is 0 Å². The number of ketones is 1. The molecule has 0 bridgehead atoms. The first kappa shape index (κ1) is 17.0. The molecule has 27 heavy (non-hydrogen) atoms. The molecule has 4 nitrogen and oxygen atoms in total. The second-order valence-electron chi connectivity index (χ2n) is 6.75.